The van der Waals surface area contributed by atoms with Crippen molar-refractivity contribution < 1.29 is 9.50 Å². The Morgan fingerprint density at radius 3 is 2.44 bits per heavy atom. The molecule has 4 heteroatoms. The zero-order valence-electron chi connectivity index (χ0n) is 9.83. The summed E-state index contributed by atoms with van der Waals surface area (Å²) in [5, 5.41) is 9.76. The summed E-state index contributed by atoms with van der Waals surface area (Å²) in [4.78, 5) is 0. The molecule has 1 rings (SSSR count). The summed E-state index contributed by atoms with van der Waals surface area (Å²) < 4.78 is 13.1. The van der Waals surface area contributed by atoms with Gasteiger partial charge >= 0.3 is 0 Å². The normalized spacial score (nSPS) is 12.4. The molecule has 1 atom stereocenters. The molecule has 0 radical (unpaired) electrons. The van der Waals surface area contributed by atoms with E-state index in [1.165, 1.54) is 12.1 Å². The van der Waals surface area contributed by atoms with Gasteiger partial charge in [0.25, 0.3) is 0 Å². The molecule has 0 aliphatic heterocycles. The fourth-order valence-electron chi connectivity index (χ4n) is 1.68. The molecule has 0 bridgehead atoms. The molecule has 1 aromatic carbocycles. The van der Waals surface area contributed by atoms with Crippen LogP contribution in [0.25, 0.3) is 0 Å². The number of rotatable bonds is 3. The van der Waals surface area contributed by atoms with E-state index in [2.05, 4.69) is 0 Å². The maximum Gasteiger partial charge on any atom is 0.124 e. The van der Waals surface area contributed by atoms with Crippen LogP contribution in [0.5, 0.6) is 5.75 Å². The lowest BCUT2D eigenvalue weighted by molar-refractivity contribution is 0.438. The maximum absolute atomic E-state index is 13.1. The third-order valence-corrected chi connectivity index (χ3v) is 2.42. The van der Waals surface area contributed by atoms with Gasteiger partial charge < -0.3 is 10.8 Å². The van der Waals surface area contributed by atoms with Crippen LogP contribution in [0.2, 0.25) is 0 Å². The number of phenolic OH excluding ortho intramolecular Hbond substituents is 1. The van der Waals surface area contributed by atoms with Gasteiger partial charge in [0.1, 0.15) is 11.6 Å². The van der Waals surface area contributed by atoms with Crippen LogP contribution in [0.1, 0.15) is 37.4 Å². The molecule has 92 valence electrons. The Bertz CT molecular complexity index is 355. The smallest absolute Gasteiger partial charge is 0.124 e. The van der Waals surface area contributed by atoms with E-state index in [-0.39, 0.29) is 30.0 Å². The van der Waals surface area contributed by atoms with Crippen LogP contribution in [0.4, 0.5) is 4.39 Å². The van der Waals surface area contributed by atoms with Gasteiger partial charge in [-0.3, -0.25) is 0 Å². The first-order valence-corrected chi connectivity index (χ1v) is 5.16. The Morgan fingerprint density at radius 1 is 1.38 bits per heavy atom. The second-order valence-electron chi connectivity index (χ2n) is 4.40. The van der Waals surface area contributed by atoms with E-state index in [1.807, 2.05) is 13.8 Å². The van der Waals surface area contributed by atoms with Crippen LogP contribution in [0, 0.1) is 18.7 Å². The standard InChI is InChI=1S/C12H18FNO.ClH/c1-7(2)4-11(14)10-6-9(13)5-8(3)12(10)15;/h5-7,11,15H,4,14H2,1-3H3;1H/t11-;/m0./s1. The molecule has 0 heterocycles. The van der Waals surface area contributed by atoms with E-state index < -0.39 is 0 Å². The van der Waals surface area contributed by atoms with Crippen molar-refractivity contribution in [3.8, 4) is 5.75 Å². The van der Waals surface area contributed by atoms with E-state index >= 15 is 0 Å². The summed E-state index contributed by atoms with van der Waals surface area (Å²) in [6.45, 7) is 5.76. The minimum absolute atomic E-state index is 0. The summed E-state index contributed by atoms with van der Waals surface area (Å²) in [7, 11) is 0. The predicted octanol–water partition coefficient (Wildman–Crippen LogP) is 3.31. The van der Waals surface area contributed by atoms with E-state index in [4.69, 9.17) is 5.73 Å². The summed E-state index contributed by atoms with van der Waals surface area (Å²) in [6, 6.07) is 2.32. The first-order chi connectivity index (χ1) is 6.91. The topological polar surface area (TPSA) is 46.2 Å². The molecule has 0 aromatic heterocycles. The first-order valence-electron chi connectivity index (χ1n) is 5.16. The minimum atomic E-state index is -0.348. The first kappa shape index (κ1) is 15.2. The molecular formula is C12H19ClFNO. The predicted molar refractivity (Wildman–Crippen MR) is 66.4 cm³/mol. The van der Waals surface area contributed by atoms with Gasteiger partial charge in [-0.2, -0.15) is 0 Å². The molecule has 0 aliphatic rings. The van der Waals surface area contributed by atoms with Gasteiger partial charge in [0, 0.05) is 11.6 Å². The monoisotopic (exact) mass is 247 g/mol. The lowest BCUT2D eigenvalue weighted by Gasteiger charge is -2.17. The Morgan fingerprint density at radius 2 is 1.94 bits per heavy atom. The number of phenols is 1. The molecule has 16 heavy (non-hydrogen) atoms. The van der Waals surface area contributed by atoms with Gasteiger partial charge in [-0.15, -0.1) is 12.4 Å². The fraction of sp³-hybridized carbons (Fsp3) is 0.500. The van der Waals surface area contributed by atoms with E-state index in [0.29, 0.717) is 17.0 Å². The number of aromatic hydroxyl groups is 1. The van der Waals surface area contributed by atoms with E-state index in [1.54, 1.807) is 6.92 Å². The Hall–Kier alpha value is -0.800. The molecule has 0 saturated carbocycles. The lowest BCUT2D eigenvalue weighted by Crippen LogP contribution is -2.13. The zero-order chi connectivity index (χ0) is 11.6. The van der Waals surface area contributed by atoms with Crippen molar-refractivity contribution in [1.29, 1.82) is 0 Å². The quantitative estimate of drug-likeness (QED) is 0.861. The molecule has 0 aliphatic carbocycles. The molecule has 3 N–H and O–H groups in total. The molecule has 0 saturated heterocycles. The molecular weight excluding hydrogens is 229 g/mol. The molecule has 0 fully saturated rings. The summed E-state index contributed by atoms with van der Waals surface area (Å²) in [6.07, 6.45) is 0.733. The van der Waals surface area contributed by atoms with Crippen molar-refractivity contribution in [1.82, 2.24) is 0 Å². The van der Waals surface area contributed by atoms with Crippen molar-refractivity contribution in [3.63, 3.8) is 0 Å². The van der Waals surface area contributed by atoms with Crippen molar-refractivity contribution in [2.24, 2.45) is 11.7 Å². The number of hydrogen-bond acceptors (Lipinski definition) is 2. The second-order valence-corrected chi connectivity index (χ2v) is 4.40. The average molecular weight is 248 g/mol. The van der Waals surface area contributed by atoms with Gasteiger partial charge in [0.05, 0.1) is 0 Å². The molecule has 1 aromatic rings. The average Bonchev–Trinajstić information content (AvgIpc) is 2.09. The Kier molecular flexibility index (Phi) is 5.76. The van der Waals surface area contributed by atoms with E-state index in [9.17, 15) is 9.50 Å². The number of hydrogen-bond donors (Lipinski definition) is 2. The minimum Gasteiger partial charge on any atom is -0.507 e. The summed E-state index contributed by atoms with van der Waals surface area (Å²) in [5.74, 6) is 0.187. The highest BCUT2D eigenvalue weighted by molar-refractivity contribution is 5.85. The van der Waals surface area contributed by atoms with Crippen molar-refractivity contribution >= 4 is 12.4 Å². The van der Waals surface area contributed by atoms with Crippen molar-refractivity contribution in [3.05, 3.63) is 29.1 Å². The maximum atomic E-state index is 13.1. The highest BCUT2D eigenvalue weighted by atomic mass is 35.5. The van der Waals surface area contributed by atoms with Crippen LogP contribution in [0.3, 0.4) is 0 Å². The van der Waals surface area contributed by atoms with Crippen LogP contribution in [-0.4, -0.2) is 5.11 Å². The number of halogens is 2. The van der Waals surface area contributed by atoms with Gasteiger partial charge in [-0.1, -0.05) is 13.8 Å². The summed E-state index contributed by atoms with van der Waals surface area (Å²) >= 11 is 0. The highest BCUT2D eigenvalue weighted by Gasteiger charge is 2.15. The largest absolute Gasteiger partial charge is 0.507 e. The molecule has 0 amide bonds. The van der Waals surface area contributed by atoms with E-state index in [0.717, 1.165) is 6.42 Å². The Labute approximate surface area is 102 Å². The van der Waals surface area contributed by atoms with Gasteiger partial charge in [-0.25, -0.2) is 4.39 Å². The fourth-order valence-corrected chi connectivity index (χ4v) is 1.68. The van der Waals surface area contributed by atoms with Gasteiger partial charge in [-0.05, 0) is 37.0 Å². The van der Waals surface area contributed by atoms with Crippen LogP contribution in [-0.2, 0) is 0 Å². The van der Waals surface area contributed by atoms with Gasteiger partial charge in [0.2, 0.25) is 0 Å². The molecule has 2 nitrogen and oxygen atoms in total. The van der Waals surface area contributed by atoms with Crippen LogP contribution in [0.15, 0.2) is 12.1 Å². The number of benzene rings is 1. The summed E-state index contributed by atoms with van der Waals surface area (Å²) in [5.41, 5.74) is 6.94. The van der Waals surface area contributed by atoms with Crippen molar-refractivity contribution in [2.45, 2.75) is 33.2 Å². The SMILES string of the molecule is Cc1cc(F)cc([C@@H](N)CC(C)C)c1O.Cl. The third-order valence-electron chi connectivity index (χ3n) is 2.42. The Balaban J connectivity index is 0.00000225. The van der Waals surface area contributed by atoms with Crippen molar-refractivity contribution in [2.75, 3.05) is 0 Å². The number of nitrogens with two attached hydrogens (primary N) is 1. The molecule has 0 unspecified atom stereocenters. The lowest BCUT2D eigenvalue weighted by atomic mass is 9.95. The molecule has 0 spiro atoms. The second kappa shape index (κ2) is 6.06. The third kappa shape index (κ3) is 3.65. The number of aryl methyl sites for hydroxylation is 1. The zero-order valence-corrected chi connectivity index (χ0v) is 10.6. The van der Waals surface area contributed by atoms with Crippen LogP contribution < -0.4 is 5.73 Å². The van der Waals surface area contributed by atoms with Crippen LogP contribution >= 0.6 is 12.4 Å². The van der Waals surface area contributed by atoms with Gasteiger partial charge in [0.15, 0.2) is 0 Å². The highest BCUT2D eigenvalue weighted by Crippen LogP contribution is 2.30.